The van der Waals surface area contributed by atoms with Gasteiger partial charge in [0.1, 0.15) is 0 Å². The summed E-state index contributed by atoms with van der Waals surface area (Å²) in [6.07, 6.45) is 0.763. The zero-order valence-electron chi connectivity index (χ0n) is 11.9. The molecule has 1 rings (SSSR count). The van der Waals surface area contributed by atoms with Crippen molar-refractivity contribution in [2.75, 3.05) is 24.6 Å². The number of primary amides is 1. The summed E-state index contributed by atoms with van der Waals surface area (Å²) in [7, 11) is 0. The molecule has 0 unspecified atom stereocenters. The van der Waals surface area contributed by atoms with Crippen LogP contribution in [0.3, 0.4) is 0 Å². The van der Waals surface area contributed by atoms with Crippen molar-refractivity contribution in [3.63, 3.8) is 0 Å². The van der Waals surface area contributed by atoms with Crippen molar-refractivity contribution in [1.82, 2.24) is 4.90 Å². The molecule has 4 N–H and O–H groups in total. The van der Waals surface area contributed by atoms with Gasteiger partial charge in [0.2, 0.25) is 11.8 Å². The van der Waals surface area contributed by atoms with Crippen LogP contribution >= 0.6 is 24.2 Å². The number of benzene rings is 1. The number of hydrogen-bond donors (Lipinski definition) is 2. The highest BCUT2D eigenvalue weighted by molar-refractivity contribution is 8.00. The lowest BCUT2D eigenvalue weighted by molar-refractivity contribution is -0.129. The molecule has 0 aliphatic heterocycles. The second-order valence-corrected chi connectivity index (χ2v) is 5.39. The molecule has 0 spiro atoms. The Kier molecular flexibility index (Phi) is 10.7. The van der Waals surface area contributed by atoms with Gasteiger partial charge in [0.15, 0.2) is 0 Å². The van der Waals surface area contributed by atoms with Gasteiger partial charge in [0.25, 0.3) is 0 Å². The van der Waals surface area contributed by atoms with Crippen molar-refractivity contribution >= 4 is 36.0 Å². The summed E-state index contributed by atoms with van der Waals surface area (Å²) in [5, 5.41) is 0. The fourth-order valence-electron chi connectivity index (χ4n) is 1.71. The summed E-state index contributed by atoms with van der Waals surface area (Å²) < 4.78 is 0. The molecular formula is C14H22ClN3O2S. The number of thioether (sulfide) groups is 1. The molecule has 0 bridgehead atoms. The fourth-order valence-corrected chi connectivity index (χ4v) is 2.37. The highest BCUT2D eigenvalue weighted by Gasteiger charge is 2.13. The van der Waals surface area contributed by atoms with E-state index in [2.05, 4.69) is 0 Å². The first-order valence-electron chi connectivity index (χ1n) is 6.51. The molecule has 1 aromatic carbocycles. The maximum absolute atomic E-state index is 12.1. The molecule has 0 radical (unpaired) electrons. The number of hydrogen-bond acceptors (Lipinski definition) is 4. The quantitative estimate of drug-likeness (QED) is 0.706. The zero-order valence-corrected chi connectivity index (χ0v) is 13.5. The van der Waals surface area contributed by atoms with E-state index in [1.54, 1.807) is 4.90 Å². The standard InChI is InChI=1S/C14H21N3O2S.ClH/c15-7-4-8-17(9-12-5-2-1-3-6-12)14(19)11-20-10-13(16)18;/h1-3,5-6H,4,7-11,15H2,(H2,16,18);1H. The number of nitrogens with two attached hydrogens (primary N) is 2. The van der Waals surface area contributed by atoms with Crippen LogP contribution in [-0.2, 0) is 16.1 Å². The fraction of sp³-hybridized carbons (Fsp3) is 0.429. The second-order valence-electron chi connectivity index (χ2n) is 4.40. The molecule has 1 aromatic rings. The predicted molar refractivity (Wildman–Crippen MR) is 89.3 cm³/mol. The summed E-state index contributed by atoms with van der Waals surface area (Å²) in [6.45, 7) is 1.74. The van der Waals surface area contributed by atoms with Gasteiger partial charge in [-0.25, -0.2) is 0 Å². The monoisotopic (exact) mass is 331 g/mol. The Morgan fingerprint density at radius 2 is 1.81 bits per heavy atom. The van der Waals surface area contributed by atoms with Gasteiger partial charge < -0.3 is 16.4 Å². The highest BCUT2D eigenvalue weighted by Crippen LogP contribution is 2.08. The van der Waals surface area contributed by atoms with E-state index in [4.69, 9.17) is 11.5 Å². The number of amides is 2. The largest absolute Gasteiger partial charge is 0.369 e. The smallest absolute Gasteiger partial charge is 0.232 e. The van der Waals surface area contributed by atoms with Gasteiger partial charge >= 0.3 is 0 Å². The molecule has 7 heteroatoms. The van der Waals surface area contributed by atoms with Crippen molar-refractivity contribution in [1.29, 1.82) is 0 Å². The number of halogens is 1. The van der Waals surface area contributed by atoms with Gasteiger partial charge in [-0.1, -0.05) is 30.3 Å². The highest BCUT2D eigenvalue weighted by atomic mass is 35.5. The molecule has 0 fully saturated rings. The molecule has 0 saturated carbocycles. The van der Waals surface area contributed by atoms with Crippen LogP contribution in [0.2, 0.25) is 0 Å². The summed E-state index contributed by atoms with van der Waals surface area (Å²) in [6, 6.07) is 9.81. The summed E-state index contributed by atoms with van der Waals surface area (Å²) in [5.74, 6) is 0.0372. The zero-order chi connectivity index (χ0) is 14.8. The van der Waals surface area contributed by atoms with E-state index in [-0.39, 0.29) is 29.8 Å². The van der Waals surface area contributed by atoms with Gasteiger partial charge in [-0.3, -0.25) is 9.59 Å². The molecule has 0 aliphatic rings. The normalized spacial score (nSPS) is 9.76. The third-order valence-electron chi connectivity index (χ3n) is 2.67. The third-order valence-corrected chi connectivity index (χ3v) is 3.61. The maximum Gasteiger partial charge on any atom is 0.232 e. The molecule has 0 aromatic heterocycles. The van der Waals surface area contributed by atoms with Gasteiger partial charge in [-0.05, 0) is 18.5 Å². The van der Waals surface area contributed by atoms with Gasteiger partial charge in [0.05, 0.1) is 11.5 Å². The van der Waals surface area contributed by atoms with E-state index < -0.39 is 5.91 Å². The van der Waals surface area contributed by atoms with Crippen LogP contribution in [-0.4, -0.2) is 41.3 Å². The van der Waals surface area contributed by atoms with Crippen molar-refractivity contribution in [3.05, 3.63) is 35.9 Å². The van der Waals surface area contributed by atoms with Crippen LogP contribution in [0.5, 0.6) is 0 Å². The summed E-state index contributed by atoms with van der Waals surface area (Å²) >= 11 is 1.24. The van der Waals surface area contributed by atoms with E-state index >= 15 is 0 Å². The van der Waals surface area contributed by atoms with Crippen LogP contribution in [0.15, 0.2) is 30.3 Å². The topological polar surface area (TPSA) is 89.4 Å². The number of nitrogens with zero attached hydrogens (tertiary/aromatic N) is 1. The van der Waals surface area contributed by atoms with Crippen molar-refractivity contribution < 1.29 is 9.59 Å². The van der Waals surface area contributed by atoms with Crippen molar-refractivity contribution in [3.8, 4) is 0 Å². The molecule has 0 atom stereocenters. The first kappa shape index (κ1) is 19.8. The van der Waals surface area contributed by atoms with Crippen LogP contribution in [0.1, 0.15) is 12.0 Å². The van der Waals surface area contributed by atoms with E-state index in [1.807, 2.05) is 30.3 Å². The minimum atomic E-state index is -0.403. The van der Waals surface area contributed by atoms with Gasteiger partial charge in [-0.15, -0.1) is 24.2 Å². The van der Waals surface area contributed by atoms with E-state index in [0.717, 1.165) is 12.0 Å². The summed E-state index contributed by atoms with van der Waals surface area (Å²) in [4.78, 5) is 24.6. The summed E-state index contributed by atoms with van der Waals surface area (Å²) in [5.41, 5.74) is 11.6. The molecule has 0 aliphatic carbocycles. The van der Waals surface area contributed by atoms with E-state index in [1.165, 1.54) is 11.8 Å². The average Bonchev–Trinajstić information content (AvgIpc) is 2.44. The number of carbonyl (C=O) groups excluding carboxylic acids is 2. The molecule has 21 heavy (non-hydrogen) atoms. The Bertz CT molecular complexity index is 431. The lowest BCUT2D eigenvalue weighted by atomic mass is 10.2. The average molecular weight is 332 g/mol. The van der Waals surface area contributed by atoms with Crippen LogP contribution in [0.25, 0.3) is 0 Å². The number of carbonyl (C=O) groups is 2. The lowest BCUT2D eigenvalue weighted by Crippen LogP contribution is -2.34. The molecule has 5 nitrogen and oxygen atoms in total. The maximum atomic E-state index is 12.1. The van der Waals surface area contributed by atoms with Gasteiger partial charge in [0, 0.05) is 13.1 Å². The first-order chi connectivity index (χ1) is 9.63. The Morgan fingerprint density at radius 3 is 2.38 bits per heavy atom. The van der Waals surface area contributed by atoms with Crippen molar-refractivity contribution in [2.24, 2.45) is 11.5 Å². The van der Waals surface area contributed by atoms with Crippen LogP contribution in [0.4, 0.5) is 0 Å². The Morgan fingerprint density at radius 1 is 1.14 bits per heavy atom. The SMILES string of the molecule is Cl.NCCCN(Cc1ccccc1)C(=O)CSCC(N)=O. The Labute approximate surface area is 135 Å². The van der Waals surface area contributed by atoms with Crippen molar-refractivity contribution in [2.45, 2.75) is 13.0 Å². The first-order valence-corrected chi connectivity index (χ1v) is 7.66. The van der Waals surface area contributed by atoms with E-state index in [0.29, 0.717) is 19.6 Å². The second kappa shape index (κ2) is 11.4. The molecular weight excluding hydrogens is 310 g/mol. The van der Waals surface area contributed by atoms with Crippen LogP contribution in [0, 0.1) is 0 Å². The molecule has 0 saturated heterocycles. The van der Waals surface area contributed by atoms with E-state index in [9.17, 15) is 9.59 Å². The molecule has 0 heterocycles. The Balaban J connectivity index is 0.00000400. The minimum Gasteiger partial charge on any atom is -0.369 e. The van der Waals surface area contributed by atoms with Gasteiger partial charge in [-0.2, -0.15) is 0 Å². The minimum absolute atomic E-state index is 0. The lowest BCUT2D eigenvalue weighted by Gasteiger charge is -2.22. The Hall–Kier alpha value is -1.24. The molecule has 118 valence electrons. The van der Waals surface area contributed by atoms with Crippen LogP contribution < -0.4 is 11.5 Å². The molecule has 2 amide bonds. The number of rotatable bonds is 9. The predicted octanol–water partition coefficient (Wildman–Crippen LogP) is 1.00. The third kappa shape index (κ3) is 8.60.